The minimum absolute atomic E-state index is 0.456. The van der Waals surface area contributed by atoms with Gasteiger partial charge in [-0.25, -0.2) is 0 Å². The van der Waals surface area contributed by atoms with Gasteiger partial charge >= 0.3 is 0 Å². The summed E-state index contributed by atoms with van der Waals surface area (Å²) in [7, 11) is 0. The lowest BCUT2D eigenvalue weighted by Gasteiger charge is -2.27. The van der Waals surface area contributed by atoms with Gasteiger partial charge < -0.3 is 11.1 Å². The van der Waals surface area contributed by atoms with Crippen molar-refractivity contribution in [1.82, 2.24) is 5.32 Å². The molecule has 0 bridgehead atoms. The third-order valence-electron chi connectivity index (χ3n) is 2.93. The first kappa shape index (κ1) is 11.0. The van der Waals surface area contributed by atoms with E-state index >= 15 is 0 Å². The van der Waals surface area contributed by atoms with Crippen molar-refractivity contribution in [2.24, 2.45) is 5.73 Å². The average molecular weight is 184 g/mol. The molecule has 0 aliphatic heterocycles. The van der Waals surface area contributed by atoms with Crippen LogP contribution in [0, 0.1) is 0 Å². The van der Waals surface area contributed by atoms with Crippen LogP contribution in [-0.4, -0.2) is 18.6 Å². The molecule has 0 aromatic carbocycles. The lowest BCUT2D eigenvalue weighted by molar-refractivity contribution is 0.338. The highest BCUT2D eigenvalue weighted by Crippen LogP contribution is 2.16. The second-order valence-corrected chi connectivity index (χ2v) is 4.28. The molecule has 0 heterocycles. The van der Waals surface area contributed by atoms with Crippen LogP contribution < -0.4 is 11.1 Å². The van der Waals surface area contributed by atoms with Crippen LogP contribution in [0.5, 0.6) is 0 Å². The van der Waals surface area contributed by atoms with Gasteiger partial charge in [0, 0.05) is 12.1 Å². The highest BCUT2D eigenvalue weighted by Gasteiger charge is 2.17. The normalized spacial score (nSPS) is 29.1. The molecule has 78 valence electrons. The van der Waals surface area contributed by atoms with Crippen molar-refractivity contribution in [3.05, 3.63) is 0 Å². The summed E-state index contributed by atoms with van der Waals surface area (Å²) in [5, 5.41) is 3.61. The Kier molecular flexibility index (Phi) is 5.40. The SMILES string of the molecule is CCCCCNC1CCCC(N)C1. The van der Waals surface area contributed by atoms with Crippen molar-refractivity contribution in [3.8, 4) is 0 Å². The topological polar surface area (TPSA) is 38.0 Å². The molecular weight excluding hydrogens is 160 g/mol. The average Bonchev–Trinajstić information content (AvgIpc) is 2.13. The fourth-order valence-corrected chi connectivity index (χ4v) is 2.09. The highest BCUT2D eigenvalue weighted by molar-refractivity contribution is 4.79. The molecule has 1 aliphatic carbocycles. The van der Waals surface area contributed by atoms with E-state index in [-0.39, 0.29) is 0 Å². The molecule has 13 heavy (non-hydrogen) atoms. The first-order valence-corrected chi connectivity index (χ1v) is 5.82. The minimum atomic E-state index is 0.456. The standard InChI is InChI=1S/C11H24N2/c1-2-3-4-8-13-11-7-5-6-10(12)9-11/h10-11,13H,2-9,12H2,1H3. The number of unbranched alkanes of at least 4 members (excludes halogenated alkanes) is 2. The monoisotopic (exact) mass is 184 g/mol. The van der Waals surface area contributed by atoms with Crippen LogP contribution in [0.4, 0.5) is 0 Å². The summed E-state index contributed by atoms with van der Waals surface area (Å²) in [6.07, 6.45) is 9.05. The Morgan fingerprint density at radius 2 is 2.15 bits per heavy atom. The maximum Gasteiger partial charge on any atom is 0.00818 e. The Bertz CT molecular complexity index is 125. The summed E-state index contributed by atoms with van der Waals surface area (Å²) in [4.78, 5) is 0. The zero-order valence-corrected chi connectivity index (χ0v) is 8.89. The molecule has 1 fully saturated rings. The molecule has 0 aromatic rings. The van der Waals surface area contributed by atoms with E-state index in [1.165, 1.54) is 51.5 Å². The van der Waals surface area contributed by atoms with E-state index in [9.17, 15) is 0 Å². The van der Waals surface area contributed by atoms with Crippen molar-refractivity contribution in [3.63, 3.8) is 0 Å². The fraction of sp³-hybridized carbons (Fsp3) is 1.00. The van der Waals surface area contributed by atoms with Crippen molar-refractivity contribution >= 4 is 0 Å². The van der Waals surface area contributed by atoms with Gasteiger partial charge in [-0.15, -0.1) is 0 Å². The molecule has 0 amide bonds. The molecule has 2 atom stereocenters. The molecule has 1 aliphatic rings. The largest absolute Gasteiger partial charge is 0.328 e. The van der Waals surface area contributed by atoms with Crippen molar-refractivity contribution in [1.29, 1.82) is 0 Å². The molecule has 0 spiro atoms. The van der Waals surface area contributed by atoms with E-state index in [0.717, 1.165) is 0 Å². The van der Waals surface area contributed by atoms with Gasteiger partial charge in [0.2, 0.25) is 0 Å². The lowest BCUT2D eigenvalue weighted by Crippen LogP contribution is -2.39. The fourth-order valence-electron chi connectivity index (χ4n) is 2.09. The molecule has 0 radical (unpaired) electrons. The molecule has 0 aromatic heterocycles. The number of hydrogen-bond acceptors (Lipinski definition) is 2. The summed E-state index contributed by atoms with van der Waals surface area (Å²) in [6, 6.07) is 1.16. The predicted molar refractivity (Wildman–Crippen MR) is 57.8 cm³/mol. The van der Waals surface area contributed by atoms with Crippen LogP contribution in [0.15, 0.2) is 0 Å². The number of rotatable bonds is 5. The number of hydrogen-bond donors (Lipinski definition) is 2. The van der Waals surface area contributed by atoms with Crippen LogP contribution in [0.1, 0.15) is 51.9 Å². The Balaban J connectivity index is 2.00. The van der Waals surface area contributed by atoms with E-state index in [1.54, 1.807) is 0 Å². The van der Waals surface area contributed by atoms with Crippen LogP contribution in [0.25, 0.3) is 0 Å². The van der Waals surface area contributed by atoms with Gasteiger partial charge in [0.25, 0.3) is 0 Å². The van der Waals surface area contributed by atoms with Crippen LogP contribution in [0.2, 0.25) is 0 Å². The quantitative estimate of drug-likeness (QED) is 0.642. The van der Waals surface area contributed by atoms with E-state index in [2.05, 4.69) is 12.2 Å². The van der Waals surface area contributed by atoms with Gasteiger partial charge in [-0.2, -0.15) is 0 Å². The molecular formula is C11H24N2. The van der Waals surface area contributed by atoms with E-state index in [1.807, 2.05) is 0 Å². The van der Waals surface area contributed by atoms with Crippen molar-refractivity contribution in [2.45, 2.75) is 64.0 Å². The van der Waals surface area contributed by atoms with Gasteiger partial charge in [0.15, 0.2) is 0 Å². The van der Waals surface area contributed by atoms with E-state index in [0.29, 0.717) is 12.1 Å². The molecule has 2 unspecified atom stereocenters. The van der Waals surface area contributed by atoms with Crippen LogP contribution in [-0.2, 0) is 0 Å². The molecule has 2 nitrogen and oxygen atoms in total. The van der Waals surface area contributed by atoms with E-state index < -0.39 is 0 Å². The summed E-state index contributed by atoms with van der Waals surface area (Å²) >= 11 is 0. The van der Waals surface area contributed by atoms with Crippen LogP contribution in [0.3, 0.4) is 0 Å². The predicted octanol–water partition coefficient (Wildman–Crippen LogP) is 2.04. The Morgan fingerprint density at radius 3 is 2.85 bits per heavy atom. The highest BCUT2D eigenvalue weighted by atomic mass is 14.9. The third-order valence-corrected chi connectivity index (χ3v) is 2.93. The summed E-state index contributed by atoms with van der Waals surface area (Å²) in [5.41, 5.74) is 5.92. The maximum atomic E-state index is 5.92. The lowest BCUT2D eigenvalue weighted by atomic mass is 9.91. The summed E-state index contributed by atoms with van der Waals surface area (Å²) in [6.45, 7) is 3.43. The molecule has 1 saturated carbocycles. The Labute approximate surface area is 82.3 Å². The molecule has 0 saturated heterocycles. The maximum absolute atomic E-state index is 5.92. The first-order valence-electron chi connectivity index (χ1n) is 5.82. The smallest absolute Gasteiger partial charge is 0.00818 e. The summed E-state index contributed by atoms with van der Waals surface area (Å²) in [5.74, 6) is 0. The second-order valence-electron chi connectivity index (χ2n) is 4.28. The van der Waals surface area contributed by atoms with Gasteiger partial charge in [0.05, 0.1) is 0 Å². The van der Waals surface area contributed by atoms with Crippen molar-refractivity contribution < 1.29 is 0 Å². The van der Waals surface area contributed by atoms with Gasteiger partial charge in [-0.3, -0.25) is 0 Å². The Hall–Kier alpha value is -0.0800. The zero-order valence-electron chi connectivity index (χ0n) is 8.89. The van der Waals surface area contributed by atoms with Gasteiger partial charge in [0.1, 0.15) is 0 Å². The van der Waals surface area contributed by atoms with Crippen LogP contribution >= 0.6 is 0 Å². The second kappa shape index (κ2) is 6.39. The van der Waals surface area contributed by atoms with Crippen molar-refractivity contribution in [2.75, 3.05) is 6.54 Å². The molecule has 1 rings (SSSR count). The number of nitrogens with two attached hydrogens (primary N) is 1. The molecule has 3 N–H and O–H groups in total. The Morgan fingerprint density at radius 1 is 1.31 bits per heavy atom. The zero-order chi connectivity index (χ0) is 9.52. The number of nitrogens with one attached hydrogen (secondary N) is 1. The van der Waals surface area contributed by atoms with E-state index in [4.69, 9.17) is 5.73 Å². The first-order chi connectivity index (χ1) is 6.33. The third kappa shape index (κ3) is 4.63. The van der Waals surface area contributed by atoms with Gasteiger partial charge in [-0.1, -0.05) is 26.2 Å². The summed E-state index contributed by atoms with van der Waals surface area (Å²) < 4.78 is 0. The van der Waals surface area contributed by atoms with Gasteiger partial charge in [-0.05, 0) is 32.2 Å². The minimum Gasteiger partial charge on any atom is -0.328 e. The molecule has 2 heteroatoms.